The van der Waals surface area contributed by atoms with Crippen LogP contribution in [0.2, 0.25) is 48.4 Å². The number of fused-ring (bicyclic) bond motifs is 2. The molecule has 0 aromatic rings. The van der Waals surface area contributed by atoms with Gasteiger partial charge in [-0.25, -0.2) is 0 Å². The van der Waals surface area contributed by atoms with Gasteiger partial charge >= 0.3 is 0 Å². The van der Waals surface area contributed by atoms with Crippen molar-refractivity contribution in [1.82, 2.24) is 0 Å². The molecule has 0 aliphatic heterocycles. The summed E-state index contributed by atoms with van der Waals surface area (Å²) in [6.45, 7) is 19.2. The van der Waals surface area contributed by atoms with E-state index in [4.69, 9.17) is 0 Å². The largest absolute Gasteiger partial charge is 0.0689 e. The fourth-order valence-electron chi connectivity index (χ4n) is 16.8. The van der Waals surface area contributed by atoms with E-state index in [1.165, 1.54) is 31.2 Å². The molecular weight excluding hydrogens is 597 g/mol. The Balaban J connectivity index is 0.955. The molecule has 0 bridgehead atoms. The smallest absolute Gasteiger partial charge is 0.0541 e. The molecule has 270 valence electrons. The Morgan fingerprint density at radius 1 is 0.447 bits per heavy atom. The van der Waals surface area contributed by atoms with E-state index in [2.05, 4.69) is 47.0 Å². The van der Waals surface area contributed by atoms with Crippen LogP contribution < -0.4 is 0 Å². The molecule has 0 heterocycles. The van der Waals surface area contributed by atoms with E-state index in [0.717, 1.165) is 81.7 Å². The van der Waals surface area contributed by atoms with E-state index in [1.807, 2.05) is 0 Å². The topological polar surface area (TPSA) is 0 Å². The average Bonchev–Trinajstić information content (AvgIpc) is 3.87. The van der Waals surface area contributed by atoms with Crippen molar-refractivity contribution in [3.05, 3.63) is 0 Å². The summed E-state index contributed by atoms with van der Waals surface area (Å²) in [5.74, 6) is 12.1. The Kier molecular flexibility index (Phi) is 11.3. The predicted molar refractivity (Wildman–Crippen MR) is 212 cm³/mol. The molecule has 0 amide bonds. The van der Waals surface area contributed by atoms with Gasteiger partial charge in [0.2, 0.25) is 0 Å². The third kappa shape index (κ3) is 6.88. The molecule has 7 aliphatic carbocycles. The van der Waals surface area contributed by atoms with Gasteiger partial charge in [-0.05, 0) is 151 Å². The molecule has 7 saturated carbocycles. The van der Waals surface area contributed by atoms with Gasteiger partial charge in [-0.1, -0.05) is 130 Å². The maximum Gasteiger partial charge on any atom is 0.0541 e. The summed E-state index contributed by atoms with van der Waals surface area (Å²) in [5, 5.41) is 0. The second-order valence-corrected chi connectivity index (χ2v) is 31.7. The Morgan fingerprint density at radius 2 is 0.957 bits per heavy atom. The van der Waals surface area contributed by atoms with Crippen molar-refractivity contribution >= 4 is 16.1 Å². The van der Waals surface area contributed by atoms with Crippen LogP contribution in [0.4, 0.5) is 0 Å². The Bertz CT molecular complexity index is 1010. The maximum absolute atomic E-state index is 2.90. The Morgan fingerprint density at radius 3 is 1.53 bits per heavy atom. The second kappa shape index (κ2) is 14.8. The first-order valence-corrected chi connectivity index (χ1v) is 28.9. The lowest BCUT2D eigenvalue weighted by Crippen LogP contribution is -2.44. The van der Waals surface area contributed by atoms with Crippen LogP contribution in [0, 0.1) is 65.1 Å². The highest BCUT2D eigenvalue weighted by molar-refractivity contribution is 6.80. The van der Waals surface area contributed by atoms with E-state index < -0.39 is 16.1 Å². The van der Waals surface area contributed by atoms with Gasteiger partial charge in [-0.3, -0.25) is 0 Å². The van der Waals surface area contributed by atoms with Crippen LogP contribution in [-0.4, -0.2) is 16.1 Å². The van der Waals surface area contributed by atoms with Crippen LogP contribution in [0.25, 0.3) is 0 Å². The second-order valence-electron chi connectivity index (χ2n) is 21.4. The zero-order chi connectivity index (χ0) is 32.9. The zero-order valence-electron chi connectivity index (χ0n) is 32.9. The SMILES string of the molecule is CCCC1CCC([Si](C)(C)C2CCC3C(C4CCC(C5CCCC6C5CC(C)C6[Si](C)(C)C5CCC(CCC)C5)CC4)CCCC32)C1. The highest BCUT2D eigenvalue weighted by Gasteiger charge is 2.57. The molecule has 0 spiro atoms. The fourth-order valence-corrected chi connectivity index (χ4v) is 27.2. The van der Waals surface area contributed by atoms with Gasteiger partial charge in [0.25, 0.3) is 0 Å². The maximum atomic E-state index is 2.90. The molecule has 7 rings (SSSR count). The first-order chi connectivity index (χ1) is 22.6. The van der Waals surface area contributed by atoms with Crippen molar-refractivity contribution < 1.29 is 0 Å². The third-order valence-electron chi connectivity index (χ3n) is 18.8. The number of hydrogen-bond donors (Lipinski definition) is 0. The van der Waals surface area contributed by atoms with Crippen LogP contribution in [0.5, 0.6) is 0 Å². The van der Waals surface area contributed by atoms with E-state index in [0.29, 0.717) is 0 Å². The fraction of sp³-hybridized carbons (Fsp3) is 1.00. The monoisotopic (exact) mass is 679 g/mol. The van der Waals surface area contributed by atoms with Crippen molar-refractivity contribution in [2.75, 3.05) is 0 Å². The van der Waals surface area contributed by atoms with Crippen molar-refractivity contribution in [3.63, 3.8) is 0 Å². The molecule has 0 N–H and O–H groups in total. The highest BCUT2D eigenvalue weighted by atomic mass is 28.3. The van der Waals surface area contributed by atoms with Gasteiger partial charge in [0.05, 0.1) is 16.1 Å². The van der Waals surface area contributed by atoms with Crippen molar-refractivity contribution in [2.24, 2.45) is 65.1 Å². The molecule has 13 atom stereocenters. The van der Waals surface area contributed by atoms with Gasteiger partial charge in [0.1, 0.15) is 0 Å². The summed E-state index contributed by atoms with van der Waals surface area (Å²) in [6, 6.07) is 0. The molecule has 47 heavy (non-hydrogen) atoms. The normalized spacial score (nSPS) is 47.7. The summed E-state index contributed by atoms with van der Waals surface area (Å²) in [6.07, 6.45) is 36.4. The molecule has 0 aromatic carbocycles. The van der Waals surface area contributed by atoms with Gasteiger partial charge < -0.3 is 0 Å². The van der Waals surface area contributed by atoms with Crippen LogP contribution >= 0.6 is 0 Å². The van der Waals surface area contributed by atoms with Crippen molar-refractivity contribution in [1.29, 1.82) is 0 Å². The highest BCUT2D eigenvalue weighted by Crippen LogP contribution is 2.65. The average molecular weight is 679 g/mol. The van der Waals surface area contributed by atoms with Gasteiger partial charge in [-0.15, -0.1) is 0 Å². The predicted octanol–water partition coefficient (Wildman–Crippen LogP) is 14.8. The van der Waals surface area contributed by atoms with E-state index >= 15 is 0 Å². The van der Waals surface area contributed by atoms with E-state index in [1.54, 1.807) is 122 Å². The van der Waals surface area contributed by atoms with Gasteiger partial charge in [0, 0.05) is 0 Å². The summed E-state index contributed by atoms with van der Waals surface area (Å²) < 4.78 is 0. The minimum atomic E-state index is -1.24. The zero-order valence-corrected chi connectivity index (χ0v) is 34.9. The Labute approximate surface area is 297 Å². The van der Waals surface area contributed by atoms with Gasteiger partial charge in [0.15, 0.2) is 0 Å². The van der Waals surface area contributed by atoms with Crippen molar-refractivity contribution in [3.8, 4) is 0 Å². The summed E-state index contributed by atoms with van der Waals surface area (Å²) in [4.78, 5) is 0. The first kappa shape index (κ1) is 35.8. The molecule has 13 unspecified atom stereocenters. The standard InChI is InChI=1S/C45H82Si2/c1-8-12-32-18-24-36(29-32)46(4,5)44-27-26-40-38(14-10-16-41(40)44)34-20-22-35(23-21-34)39-15-11-17-42-43(39)28-31(3)45(42)47(6,7)37-25-19-33(30-37)13-9-2/h31-45H,8-30H2,1-7H3. The molecule has 7 fully saturated rings. The molecule has 7 aliphatic rings. The van der Waals surface area contributed by atoms with Crippen LogP contribution in [0.1, 0.15) is 168 Å². The molecular formula is C45H82Si2. The minimum Gasteiger partial charge on any atom is -0.0689 e. The Hall–Kier alpha value is 0.434. The van der Waals surface area contributed by atoms with Crippen molar-refractivity contribution in [2.45, 2.75) is 217 Å². The summed E-state index contributed by atoms with van der Waals surface area (Å²) in [5.41, 5.74) is 4.60. The molecule has 2 heteroatoms. The van der Waals surface area contributed by atoms with Crippen LogP contribution in [0.3, 0.4) is 0 Å². The lowest BCUT2D eigenvalue weighted by Gasteiger charge is -2.48. The van der Waals surface area contributed by atoms with Gasteiger partial charge in [-0.2, -0.15) is 0 Å². The molecule has 0 aromatic heterocycles. The third-order valence-corrected chi connectivity index (χ3v) is 29.4. The molecule has 0 radical (unpaired) electrons. The van der Waals surface area contributed by atoms with Crippen LogP contribution in [-0.2, 0) is 0 Å². The first-order valence-electron chi connectivity index (χ1n) is 22.6. The van der Waals surface area contributed by atoms with Crippen LogP contribution in [0.15, 0.2) is 0 Å². The summed E-state index contributed by atoms with van der Waals surface area (Å²) >= 11 is 0. The molecule has 0 saturated heterocycles. The molecule has 0 nitrogen and oxygen atoms in total. The lowest BCUT2D eigenvalue weighted by molar-refractivity contribution is 0.0477. The summed E-state index contributed by atoms with van der Waals surface area (Å²) in [7, 11) is -2.42. The van der Waals surface area contributed by atoms with E-state index in [9.17, 15) is 0 Å². The number of rotatable bonds is 10. The lowest BCUT2D eigenvalue weighted by atomic mass is 9.60. The number of hydrogen-bond acceptors (Lipinski definition) is 0. The quantitative estimate of drug-likeness (QED) is 0.202. The minimum absolute atomic E-state index is 1.03. The van der Waals surface area contributed by atoms with E-state index in [-0.39, 0.29) is 0 Å².